The van der Waals surface area contributed by atoms with E-state index in [4.69, 9.17) is 4.74 Å². The van der Waals surface area contributed by atoms with Crippen LogP contribution in [0.3, 0.4) is 0 Å². The van der Waals surface area contributed by atoms with E-state index < -0.39 is 23.8 Å². The van der Waals surface area contributed by atoms with E-state index in [1.807, 2.05) is 65.0 Å². The summed E-state index contributed by atoms with van der Waals surface area (Å²) in [7, 11) is 0. The smallest absolute Gasteiger partial charge is 0.410 e. The number of pyridine rings is 1. The highest BCUT2D eigenvalue weighted by Crippen LogP contribution is 2.35. The number of benzene rings is 1. The van der Waals surface area contributed by atoms with E-state index in [9.17, 15) is 14.7 Å². The van der Waals surface area contributed by atoms with Gasteiger partial charge in [0.15, 0.2) is 0 Å². The number of hydrogen-bond acceptors (Lipinski definition) is 5. The van der Waals surface area contributed by atoms with Crippen LogP contribution in [0.15, 0.2) is 48.8 Å². The first-order valence-electron chi connectivity index (χ1n) is 12.1. The molecule has 0 saturated carbocycles. The van der Waals surface area contributed by atoms with Crippen molar-refractivity contribution in [2.75, 3.05) is 5.32 Å². The topological polar surface area (TPSA) is 91.8 Å². The Bertz CT molecular complexity index is 956. The van der Waals surface area contributed by atoms with Crippen molar-refractivity contribution >= 4 is 17.7 Å². The van der Waals surface area contributed by atoms with Gasteiger partial charge in [0, 0.05) is 35.6 Å². The van der Waals surface area contributed by atoms with E-state index in [1.165, 1.54) is 0 Å². The zero-order valence-electron chi connectivity index (χ0n) is 20.8. The number of aliphatic hydroxyl groups excluding tert-OH is 1. The van der Waals surface area contributed by atoms with Crippen molar-refractivity contribution < 1.29 is 19.4 Å². The molecule has 1 saturated heterocycles. The van der Waals surface area contributed by atoms with E-state index in [0.29, 0.717) is 18.4 Å². The van der Waals surface area contributed by atoms with Crippen molar-refractivity contribution in [2.45, 2.75) is 84.1 Å². The molecule has 0 spiro atoms. The summed E-state index contributed by atoms with van der Waals surface area (Å²) in [4.78, 5) is 31.2. The number of amides is 2. The summed E-state index contributed by atoms with van der Waals surface area (Å²) in [6.45, 7) is 9.42. The van der Waals surface area contributed by atoms with Gasteiger partial charge in [-0.2, -0.15) is 0 Å². The molecule has 1 aliphatic rings. The summed E-state index contributed by atoms with van der Waals surface area (Å²) in [6.07, 6.45) is 4.89. The van der Waals surface area contributed by atoms with Crippen LogP contribution in [0.5, 0.6) is 0 Å². The average molecular weight is 468 g/mol. The Hall–Kier alpha value is -2.93. The SMILES string of the molecule is CC[C@@H](C)C(=O)Nc1ccc(C[C@@H]2CC[C@H]([C@H](O)c3cccnc3)N2C(=O)OC(C)(C)C)cc1. The fourth-order valence-electron chi connectivity index (χ4n) is 4.24. The molecule has 1 aromatic heterocycles. The van der Waals surface area contributed by atoms with E-state index >= 15 is 0 Å². The minimum atomic E-state index is -0.843. The van der Waals surface area contributed by atoms with Gasteiger partial charge in [-0.05, 0) is 70.2 Å². The summed E-state index contributed by atoms with van der Waals surface area (Å²) in [6, 6.07) is 10.9. The van der Waals surface area contributed by atoms with Crippen molar-refractivity contribution in [1.29, 1.82) is 0 Å². The van der Waals surface area contributed by atoms with E-state index in [-0.39, 0.29) is 17.9 Å². The van der Waals surface area contributed by atoms with Crippen LogP contribution in [0, 0.1) is 5.92 Å². The Morgan fingerprint density at radius 1 is 1.21 bits per heavy atom. The summed E-state index contributed by atoms with van der Waals surface area (Å²) in [5.74, 6) is -0.0295. The standard InChI is InChI=1S/C27H37N3O4/c1-6-18(2)25(32)29-21-11-9-19(10-12-21)16-22-13-14-23(24(31)20-8-7-15-28-17-20)30(22)26(33)34-27(3,4)5/h7-12,15,17-18,22-24,31H,6,13-14,16H2,1-5H3,(H,29,32)/t18-,22+,23-,24-/m1/s1. The molecule has 0 unspecified atom stereocenters. The number of nitrogens with one attached hydrogen (secondary N) is 1. The zero-order chi connectivity index (χ0) is 24.9. The number of carbonyl (C=O) groups is 2. The molecule has 0 aliphatic carbocycles. The molecule has 34 heavy (non-hydrogen) atoms. The molecule has 2 amide bonds. The van der Waals surface area contributed by atoms with Gasteiger partial charge in [-0.15, -0.1) is 0 Å². The molecule has 2 N–H and O–H groups in total. The van der Waals surface area contributed by atoms with Crippen LogP contribution in [0.1, 0.15) is 71.1 Å². The fraction of sp³-hybridized carbons (Fsp3) is 0.519. The third kappa shape index (κ3) is 6.56. The predicted octanol–water partition coefficient (Wildman–Crippen LogP) is 5.11. The molecule has 1 aliphatic heterocycles. The molecule has 1 aromatic carbocycles. The van der Waals surface area contributed by atoms with Crippen LogP contribution in [-0.2, 0) is 16.0 Å². The number of carbonyl (C=O) groups excluding carboxylic acids is 2. The molecule has 0 bridgehead atoms. The summed E-state index contributed by atoms with van der Waals surface area (Å²) < 4.78 is 5.71. The summed E-state index contributed by atoms with van der Waals surface area (Å²) in [5, 5.41) is 14.0. The lowest BCUT2D eigenvalue weighted by molar-refractivity contribution is -0.119. The number of likely N-dealkylation sites (tertiary alicyclic amines) is 1. The molecule has 2 heterocycles. The third-order valence-electron chi connectivity index (χ3n) is 6.29. The van der Waals surface area contributed by atoms with E-state index in [1.54, 1.807) is 23.4 Å². The average Bonchev–Trinajstić information content (AvgIpc) is 3.22. The molecule has 3 rings (SSSR count). The first-order chi connectivity index (χ1) is 16.1. The summed E-state index contributed by atoms with van der Waals surface area (Å²) >= 11 is 0. The van der Waals surface area contributed by atoms with Gasteiger partial charge in [-0.1, -0.05) is 32.0 Å². The number of aliphatic hydroxyl groups is 1. The van der Waals surface area contributed by atoms with Gasteiger partial charge >= 0.3 is 6.09 Å². The second-order valence-corrected chi connectivity index (χ2v) is 10.1. The maximum absolute atomic E-state index is 13.2. The van der Waals surface area contributed by atoms with Gasteiger partial charge in [0.1, 0.15) is 11.7 Å². The highest BCUT2D eigenvalue weighted by Gasteiger charge is 2.43. The Balaban J connectivity index is 1.76. The molecule has 2 aromatic rings. The van der Waals surface area contributed by atoms with Crippen LogP contribution in [0.2, 0.25) is 0 Å². The number of anilines is 1. The van der Waals surface area contributed by atoms with E-state index in [2.05, 4.69) is 10.3 Å². The van der Waals surface area contributed by atoms with Crippen molar-refractivity contribution in [3.63, 3.8) is 0 Å². The molecule has 184 valence electrons. The lowest BCUT2D eigenvalue weighted by Gasteiger charge is -2.34. The molecule has 7 nitrogen and oxygen atoms in total. The van der Waals surface area contributed by atoms with Gasteiger partial charge in [0.25, 0.3) is 0 Å². The number of ether oxygens (including phenoxy) is 1. The number of rotatable bonds is 7. The molecular formula is C27H37N3O4. The second-order valence-electron chi connectivity index (χ2n) is 10.1. The maximum atomic E-state index is 13.2. The highest BCUT2D eigenvalue weighted by molar-refractivity contribution is 5.92. The molecular weight excluding hydrogens is 430 g/mol. The lowest BCUT2D eigenvalue weighted by Crippen LogP contribution is -2.47. The Kier molecular flexibility index (Phi) is 8.31. The van der Waals surface area contributed by atoms with Crippen molar-refractivity contribution in [2.24, 2.45) is 5.92 Å². The maximum Gasteiger partial charge on any atom is 0.410 e. The normalized spacial score (nSPS) is 20.0. The first kappa shape index (κ1) is 25.7. The van der Waals surface area contributed by atoms with E-state index in [0.717, 1.165) is 24.1 Å². The fourth-order valence-corrected chi connectivity index (χ4v) is 4.24. The molecule has 0 radical (unpaired) electrons. The van der Waals surface area contributed by atoms with Gasteiger partial charge < -0.3 is 15.2 Å². The Morgan fingerprint density at radius 2 is 1.91 bits per heavy atom. The highest BCUT2D eigenvalue weighted by atomic mass is 16.6. The third-order valence-corrected chi connectivity index (χ3v) is 6.29. The number of aromatic nitrogens is 1. The predicted molar refractivity (Wildman–Crippen MR) is 132 cm³/mol. The van der Waals surface area contributed by atoms with Crippen LogP contribution < -0.4 is 5.32 Å². The minimum Gasteiger partial charge on any atom is -0.444 e. The molecule has 4 atom stereocenters. The molecule has 1 fully saturated rings. The first-order valence-corrected chi connectivity index (χ1v) is 12.1. The van der Waals surface area contributed by atoms with Crippen LogP contribution in [0.25, 0.3) is 0 Å². The van der Waals surface area contributed by atoms with Crippen LogP contribution >= 0.6 is 0 Å². The number of hydrogen-bond donors (Lipinski definition) is 2. The lowest BCUT2D eigenvalue weighted by atomic mass is 10.0. The Labute approximate surface area is 202 Å². The number of nitrogens with zero attached hydrogens (tertiary/aromatic N) is 2. The van der Waals surface area contributed by atoms with Gasteiger partial charge in [0.2, 0.25) is 5.91 Å². The van der Waals surface area contributed by atoms with Crippen LogP contribution in [-0.4, -0.2) is 44.7 Å². The van der Waals surface area contributed by atoms with Gasteiger partial charge in [-0.3, -0.25) is 14.7 Å². The second kappa shape index (κ2) is 11.0. The van der Waals surface area contributed by atoms with Gasteiger partial charge in [0.05, 0.1) is 6.04 Å². The molecule has 7 heteroatoms. The summed E-state index contributed by atoms with van der Waals surface area (Å²) in [5.41, 5.74) is 1.86. The van der Waals surface area contributed by atoms with Crippen molar-refractivity contribution in [3.05, 3.63) is 59.9 Å². The van der Waals surface area contributed by atoms with Crippen molar-refractivity contribution in [3.8, 4) is 0 Å². The Morgan fingerprint density at radius 3 is 2.50 bits per heavy atom. The van der Waals surface area contributed by atoms with Crippen LogP contribution in [0.4, 0.5) is 10.5 Å². The quantitative estimate of drug-likeness (QED) is 0.590. The minimum absolute atomic E-state index is 0.00868. The van der Waals surface area contributed by atoms with Gasteiger partial charge in [-0.25, -0.2) is 4.79 Å². The monoisotopic (exact) mass is 467 g/mol. The van der Waals surface area contributed by atoms with Crippen molar-refractivity contribution in [1.82, 2.24) is 9.88 Å². The largest absolute Gasteiger partial charge is 0.444 e. The zero-order valence-corrected chi connectivity index (χ0v) is 20.8.